The molecule has 2 aromatic heterocycles. The lowest BCUT2D eigenvalue weighted by Gasteiger charge is -2.14. The Morgan fingerprint density at radius 1 is 1.07 bits per heavy atom. The third-order valence-electron chi connectivity index (χ3n) is 3.97. The van der Waals surface area contributed by atoms with Crippen molar-refractivity contribution in [1.82, 2.24) is 14.5 Å². The standard InChI is InChI=1S/C20H15ClF3N3O/c1-12-10-16(28-20(22,23)24)5-7-18(12)27-13(2)17(26-14(27)3)6-4-15-8-9-25-19(21)11-15/h5,7-11H,1-3H3. The summed E-state index contributed by atoms with van der Waals surface area (Å²) in [5.74, 6) is 6.40. The summed E-state index contributed by atoms with van der Waals surface area (Å²) in [5, 5.41) is 0.349. The number of pyridine rings is 1. The Kier molecular flexibility index (Phi) is 5.34. The van der Waals surface area contributed by atoms with E-state index in [1.807, 2.05) is 11.5 Å². The van der Waals surface area contributed by atoms with Crippen molar-refractivity contribution in [3.8, 4) is 23.3 Å². The van der Waals surface area contributed by atoms with Crippen LogP contribution in [0, 0.1) is 32.6 Å². The molecule has 0 radical (unpaired) electrons. The highest BCUT2D eigenvalue weighted by molar-refractivity contribution is 6.29. The van der Waals surface area contributed by atoms with E-state index in [1.54, 1.807) is 38.2 Å². The molecule has 1 aromatic carbocycles. The molecule has 0 spiro atoms. The van der Waals surface area contributed by atoms with E-state index in [1.165, 1.54) is 12.1 Å². The molecular formula is C20H15ClF3N3O. The van der Waals surface area contributed by atoms with E-state index in [0.717, 1.165) is 5.69 Å². The van der Waals surface area contributed by atoms with E-state index in [2.05, 4.69) is 26.5 Å². The number of alkyl halides is 3. The number of aryl methyl sites for hydroxylation is 2. The number of halogens is 4. The average molecular weight is 406 g/mol. The maximum atomic E-state index is 12.4. The van der Waals surface area contributed by atoms with Crippen LogP contribution in [-0.2, 0) is 0 Å². The van der Waals surface area contributed by atoms with Gasteiger partial charge in [-0.2, -0.15) is 0 Å². The SMILES string of the molecule is Cc1cc(OC(F)(F)F)ccc1-n1c(C)nc(C#Cc2ccnc(Cl)c2)c1C. The smallest absolute Gasteiger partial charge is 0.406 e. The first-order valence-corrected chi connectivity index (χ1v) is 8.58. The lowest BCUT2D eigenvalue weighted by molar-refractivity contribution is -0.274. The van der Waals surface area contributed by atoms with Gasteiger partial charge in [-0.25, -0.2) is 9.97 Å². The molecule has 0 bridgehead atoms. The Labute approximate surface area is 165 Å². The second kappa shape index (κ2) is 7.56. The van der Waals surface area contributed by atoms with Crippen molar-refractivity contribution < 1.29 is 17.9 Å². The molecular weight excluding hydrogens is 391 g/mol. The number of hydrogen-bond donors (Lipinski definition) is 0. The highest BCUT2D eigenvalue weighted by Crippen LogP contribution is 2.28. The molecule has 8 heteroatoms. The third kappa shape index (κ3) is 4.46. The van der Waals surface area contributed by atoms with Crippen LogP contribution in [0.3, 0.4) is 0 Å². The van der Waals surface area contributed by atoms with E-state index in [-0.39, 0.29) is 5.75 Å². The number of nitrogens with zero attached hydrogens (tertiary/aromatic N) is 3. The fourth-order valence-electron chi connectivity index (χ4n) is 2.80. The van der Waals surface area contributed by atoms with Crippen LogP contribution in [0.25, 0.3) is 5.69 Å². The minimum atomic E-state index is -4.73. The van der Waals surface area contributed by atoms with Crippen molar-refractivity contribution in [2.24, 2.45) is 0 Å². The van der Waals surface area contributed by atoms with Gasteiger partial charge < -0.3 is 4.74 Å². The Morgan fingerprint density at radius 2 is 1.82 bits per heavy atom. The zero-order valence-electron chi connectivity index (χ0n) is 15.2. The molecule has 0 amide bonds. The molecule has 3 aromatic rings. The molecule has 28 heavy (non-hydrogen) atoms. The van der Waals surface area contributed by atoms with E-state index < -0.39 is 6.36 Å². The minimum absolute atomic E-state index is 0.265. The molecule has 0 saturated carbocycles. The lowest BCUT2D eigenvalue weighted by Crippen LogP contribution is -2.17. The van der Waals surface area contributed by atoms with Crippen molar-refractivity contribution in [3.05, 3.63) is 70.0 Å². The van der Waals surface area contributed by atoms with Gasteiger partial charge in [-0.15, -0.1) is 13.2 Å². The topological polar surface area (TPSA) is 39.9 Å². The van der Waals surface area contributed by atoms with Crippen LogP contribution >= 0.6 is 11.6 Å². The van der Waals surface area contributed by atoms with Gasteiger partial charge in [-0.3, -0.25) is 4.57 Å². The molecule has 144 valence electrons. The lowest BCUT2D eigenvalue weighted by atomic mass is 10.1. The summed E-state index contributed by atoms with van der Waals surface area (Å²) in [6, 6.07) is 7.57. The van der Waals surface area contributed by atoms with Gasteiger partial charge in [-0.05, 0) is 62.6 Å². The first kappa shape index (κ1) is 19.8. The third-order valence-corrected chi connectivity index (χ3v) is 4.18. The Balaban J connectivity index is 1.97. The molecule has 3 rings (SSSR count). The molecule has 0 fully saturated rings. The molecule has 0 aliphatic rings. The highest BCUT2D eigenvalue weighted by atomic mass is 35.5. The molecule has 0 saturated heterocycles. The Morgan fingerprint density at radius 3 is 2.46 bits per heavy atom. The van der Waals surface area contributed by atoms with Gasteiger partial charge in [0.1, 0.15) is 22.4 Å². The van der Waals surface area contributed by atoms with Crippen molar-refractivity contribution in [2.45, 2.75) is 27.1 Å². The monoisotopic (exact) mass is 405 g/mol. The van der Waals surface area contributed by atoms with E-state index in [9.17, 15) is 13.2 Å². The zero-order chi connectivity index (χ0) is 20.5. The zero-order valence-corrected chi connectivity index (χ0v) is 16.0. The van der Waals surface area contributed by atoms with Crippen LogP contribution in [0.15, 0.2) is 36.5 Å². The van der Waals surface area contributed by atoms with Crippen molar-refractivity contribution >= 4 is 11.6 Å². The molecule has 2 heterocycles. The summed E-state index contributed by atoms with van der Waals surface area (Å²) in [6.07, 6.45) is -3.16. The van der Waals surface area contributed by atoms with Gasteiger partial charge in [-0.1, -0.05) is 17.5 Å². The molecule has 0 atom stereocenters. The second-order valence-electron chi connectivity index (χ2n) is 6.04. The van der Waals surface area contributed by atoms with Crippen LogP contribution < -0.4 is 4.74 Å². The molecule has 0 unspecified atom stereocenters. The maximum absolute atomic E-state index is 12.4. The quantitative estimate of drug-likeness (QED) is 0.437. The largest absolute Gasteiger partial charge is 0.573 e. The summed E-state index contributed by atoms with van der Waals surface area (Å²) in [5.41, 5.74) is 3.37. The minimum Gasteiger partial charge on any atom is -0.406 e. The first-order chi connectivity index (χ1) is 13.1. The number of ether oxygens (including phenoxy) is 1. The molecule has 0 aliphatic carbocycles. The Bertz CT molecular complexity index is 1090. The van der Waals surface area contributed by atoms with Gasteiger partial charge in [0, 0.05) is 11.8 Å². The fraction of sp³-hybridized carbons (Fsp3) is 0.200. The summed E-state index contributed by atoms with van der Waals surface area (Å²) in [4.78, 5) is 8.38. The average Bonchev–Trinajstić information content (AvgIpc) is 2.86. The van der Waals surface area contributed by atoms with Crippen LogP contribution in [0.2, 0.25) is 5.15 Å². The van der Waals surface area contributed by atoms with E-state index in [4.69, 9.17) is 11.6 Å². The van der Waals surface area contributed by atoms with Gasteiger partial charge in [0.05, 0.1) is 11.4 Å². The summed E-state index contributed by atoms with van der Waals surface area (Å²) in [6.45, 7) is 5.37. The van der Waals surface area contributed by atoms with Crippen molar-refractivity contribution in [3.63, 3.8) is 0 Å². The van der Waals surface area contributed by atoms with Crippen LogP contribution in [0.1, 0.15) is 28.3 Å². The second-order valence-corrected chi connectivity index (χ2v) is 6.43. The predicted octanol–water partition coefficient (Wildman–Crippen LogP) is 5.14. The number of aromatic nitrogens is 3. The van der Waals surface area contributed by atoms with Crippen molar-refractivity contribution in [2.75, 3.05) is 0 Å². The van der Waals surface area contributed by atoms with E-state index >= 15 is 0 Å². The summed E-state index contributed by atoms with van der Waals surface area (Å²) in [7, 11) is 0. The van der Waals surface area contributed by atoms with Crippen LogP contribution in [0.5, 0.6) is 5.75 Å². The van der Waals surface area contributed by atoms with Gasteiger partial charge in [0.25, 0.3) is 0 Å². The number of benzene rings is 1. The number of imidazole rings is 1. The normalized spacial score (nSPS) is 11.1. The fourth-order valence-corrected chi connectivity index (χ4v) is 2.98. The Hall–Kier alpha value is -2.98. The first-order valence-electron chi connectivity index (χ1n) is 8.20. The van der Waals surface area contributed by atoms with Crippen molar-refractivity contribution in [1.29, 1.82) is 0 Å². The summed E-state index contributed by atoms with van der Waals surface area (Å²) < 4.78 is 43.1. The van der Waals surface area contributed by atoms with Gasteiger partial charge in [0.2, 0.25) is 0 Å². The van der Waals surface area contributed by atoms with Gasteiger partial charge >= 0.3 is 6.36 Å². The summed E-state index contributed by atoms with van der Waals surface area (Å²) >= 11 is 5.86. The molecule has 0 aliphatic heterocycles. The van der Waals surface area contributed by atoms with E-state index in [0.29, 0.717) is 33.5 Å². The highest BCUT2D eigenvalue weighted by Gasteiger charge is 2.31. The van der Waals surface area contributed by atoms with Crippen LogP contribution in [0.4, 0.5) is 13.2 Å². The molecule has 0 N–H and O–H groups in total. The number of rotatable bonds is 2. The molecule has 4 nitrogen and oxygen atoms in total. The predicted molar refractivity (Wildman–Crippen MR) is 99.7 cm³/mol. The van der Waals surface area contributed by atoms with Gasteiger partial charge in [0.15, 0.2) is 0 Å². The maximum Gasteiger partial charge on any atom is 0.573 e. The van der Waals surface area contributed by atoms with Crippen LogP contribution in [-0.4, -0.2) is 20.9 Å². The number of hydrogen-bond acceptors (Lipinski definition) is 3.